The van der Waals surface area contributed by atoms with Crippen LogP contribution in [0.1, 0.15) is 26.2 Å². The molecule has 58 valence electrons. The molecule has 0 spiro atoms. The lowest BCUT2D eigenvalue weighted by atomic mass is 9.67. The second-order valence-electron chi connectivity index (χ2n) is 3.16. The first-order chi connectivity index (χ1) is 4.57. The predicted molar refractivity (Wildman–Crippen MR) is 37.6 cm³/mol. The van der Waals surface area contributed by atoms with E-state index in [0.717, 1.165) is 6.42 Å². The van der Waals surface area contributed by atoms with Crippen molar-refractivity contribution in [2.45, 2.75) is 31.7 Å². The van der Waals surface area contributed by atoms with E-state index in [-0.39, 0.29) is 11.5 Å². The van der Waals surface area contributed by atoms with Crippen molar-refractivity contribution in [3.8, 4) is 0 Å². The Labute approximate surface area is 60.2 Å². The minimum Gasteiger partial charge on any atom is -0.481 e. The largest absolute Gasteiger partial charge is 0.481 e. The van der Waals surface area contributed by atoms with Gasteiger partial charge in [-0.3, -0.25) is 4.79 Å². The van der Waals surface area contributed by atoms with Crippen LogP contribution in [0.3, 0.4) is 0 Å². The molecular formula is C7H13NO2. The second-order valence-corrected chi connectivity index (χ2v) is 3.16. The molecule has 1 rings (SSSR count). The van der Waals surface area contributed by atoms with Crippen LogP contribution < -0.4 is 5.73 Å². The molecule has 1 aliphatic carbocycles. The Balaban J connectivity index is 2.36. The van der Waals surface area contributed by atoms with Gasteiger partial charge in [0.2, 0.25) is 0 Å². The molecule has 0 saturated heterocycles. The summed E-state index contributed by atoms with van der Waals surface area (Å²) in [5.41, 5.74) is 5.60. The molecule has 1 aliphatic rings. The van der Waals surface area contributed by atoms with Gasteiger partial charge in [0.1, 0.15) is 0 Å². The number of rotatable bonds is 2. The minimum absolute atomic E-state index is 0.164. The van der Waals surface area contributed by atoms with Crippen LogP contribution in [0, 0.1) is 5.92 Å². The van der Waals surface area contributed by atoms with Gasteiger partial charge in [0.15, 0.2) is 0 Å². The quantitative estimate of drug-likeness (QED) is 0.594. The third-order valence-corrected chi connectivity index (χ3v) is 2.36. The van der Waals surface area contributed by atoms with Crippen molar-refractivity contribution in [1.29, 1.82) is 0 Å². The van der Waals surface area contributed by atoms with E-state index in [1.807, 2.05) is 6.92 Å². The lowest BCUT2D eigenvalue weighted by Crippen LogP contribution is -2.53. The highest BCUT2D eigenvalue weighted by Crippen LogP contribution is 2.37. The molecular weight excluding hydrogens is 130 g/mol. The topological polar surface area (TPSA) is 63.3 Å². The van der Waals surface area contributed by atoms with Crippen LogP contribution in [-0.2, 0) is 4.79 Å². The molecule has 0 amide bonds. The molecule has 0 radical (unpaired) electrons. The fourth-order valence-electron chi connectivity index (χ4n) is 1.38. The highest BCUT2D eigenvalue weighted by Gasteiger charge is 2.43. The molecule has 1 fully saturated rings. The third kappa shape index (κ3) is 1.14. The first-order valence-corrected chi connectivity index (χ1v) is 3.59. The highest BCUT2D eigenvalue weighted by atomic mass is 16.4. The van der Waals surface area contributed by atoms with Gasteiger partial charge in [0, 0.05) is 5.54 Å². The molecule has 0 aromatic rings. The summed E-state index contributed by atoms with van der Waals surface area (Å²) >= 11 is 0. The third-order valence-electron chi connectivity index (χ3n) is 2.36. The summed E-state index contributed by atoms with van der Waals surface area (Å²) in [6.45, 7) is 2.00. The van der Waals surface area contributed by atoms with Gasteiger partial charge in [0.25, 0.3) is 0 Å². The Morgan fingerprint density at radius 1 is 1.80 bits per heavy atom. The molecule has 3 heteroatoms. The molecule has 0 heterocycles. The van der Waals surface area contributed by atoms with E-state index < -0.39 is 5.97 Å². The van der Waals surface area contributed by atoms with E-state index in [1.165, 1.54) is 0 Å². The van der Waals surface area contributed by atoms with Gasteiger partial charge in [0.05, 0.1) is 5.92 Å². The van der Waals surface area contributed by atoms with Crippen molar-refractivity contribution in [2.24, 2.45) is 11.7 Å². The lowest BCUT2D eigenvalue weighted by molar-refractivity contribution is -0.147. The zero-order valence-corrected chi connectivity index (χ0v) is 6.13. The number of aliphatic carboxylic acids is 1. The fourth-order valence-corrected chi connectivity index (χ4v) is 1.38. The van der Waals surface area contributed by atoms with E-state index in [0.29, 0.717) is 12.8 Å². The van der Waals surface area contributed by atoms with E-state index in [2.05, 4.69) is 0 Å². The summed E-state index contributed by atoms with van der Waals surface area (Å²) in [6, 6.07) is 0. The highest BCUT2D eigenvalue weighted by molar-refractivity contribution is 5.71. The van der Waals surface area contributed by atoms with Crippen LogP contribution in [0.15, 0.2) is 0 Å². The number of carbonyl (C=O) groups is 1. The standard InChI is InChI=1S/C7H13NO2/c1-2-7(8)3-5(4-7)6(9)10/h5H,2-4,8H2,1H3,(H,9,10). The van der Waals surface area contributed by atoms with Gasteiger partial charge >= 0.3 is 5.97 Å². The van der Waals surface area contributed by atoms with Gasteiger partial charge in [-0.1, -0.05) is 6.92 Å². The van der Waals surface area contributed by atoms with E-state index in [4.69, 9.17) is 10.8 Å². The van der Waals surface area contributed by atoms with Crippen molar-refractivity contribution < 1.29 is 9.90 Å². The van der Waals surface area contributed by atoms with Crippen LogP contribution in [0.5, 0.6) is 0 Å². The van der Waals surface area contributed by atoms with Gasteiger partial charge in [-0.2, -0.15) is 0 Å². The summed E-state index contributed by atoms with van der Waals surface area (Å²) in [5, 5.41) is 8.51. The monoisotopic (exact) mass is 143 g/mol. The Kier molecular flexibility index (Phi) is 1.68. The Morgan fingerprint density at radius 3 is 2.60 bits per heavy atom. The molecule has 1 saturated carbocycles. The second kappa shape index (κ2) is 2.23. The van der Waals surface area contributed by atoms with Crippen molar-refractivity contribution >= 4 is 5.97 Å². The molecule has 3 N–H and O–H groups in total. The van der Waals surface area contributed by atoms with Gasteiger partial charge in [-0.15, -0.1) is 0 Å². The normalized spacial score (nSPS) is 38.8. The summed E-state index contributed by atoms with van der Waals surface area (Å²) in [4.78, 5) is 10.3. The minimum atomic E-state index is -0.700. The van der Waals surface area contributed by atoms with Crippen LogP contribution in [-0.4, -0.2) is 16.6 Å². The molecule has 0 aliphatic heterocycles. The van der Waals surface area contributed by atoms with Crippen molar-refractivity contribution in [3.63, 3.8) is 0 Å². The fraction of sp³-hybridized carbons (Fsp3) is 0.857. The molecule has 0 aromatic heterocycles. The maximum Gasteiger partial charge on any atom is 0.306 e. The number of hydrogen-bond acceptors (Lipinski definition) is 2. The SMILES string of the molecule is CCC1(N)CC(C(=O)O)C1. The van der Waals surface area contributed by atoms with E-state index in [1.54, 1.807) is 0 Å². The average molecular weight is 143 g/mol. The predicted octanol–water partition coefficient (Wildman–Crippen LogP) is 0.588. The molecule has 10 heavy (non-hydrogen) atoms. The molecule has 3 nitrogen and oxygen atoms in total. The van der Waals surface area contributed by atoms with Crippen molar-refractivity contribution in [3.05, 3.63) is 0 Å². The van der Waals surface area contributed by atoms with Gasteiger partial charge < -0.3 is 10.8 Å². The molecule has 0 bridgehead atoms. The first-order valence-electron chi connectivity index (χ1n) is 3.59. The summed E-state index contributed by atoms with van der Waals surface area (Å²) < 4.78 is 0. The molecule has 0 atom stereocenters. The number of carboxylic acid groups (broad SMARTS) is 1. The number of hydrogen-bond donors (Lipinski definition) is 2. The Morgan fingerprint density at radius 2 is 2.30 bits per heavy atom. The smallest absolute Gasteiger partial charge is 0.306 e. The van der Waals surface area contributed by atoms with Crippen LogP contribution in [0.2, 0.25) is 0 Å². The molecule has 0 unspecified atom stereocenters. The lowest BCUT2D eigenvalue weighted by Gasteiger charge is -2.42. The van der Waals surface area contributed by atoms with Gasteiger partial charge in [-0.05, 0) is 19.3 Å². The van der Waals surface area contributed by atoms with Crippen LogP contribution in [0.25, 0.3) is 0 Å². The molecule has 0 aromatic carbocycles. The first kappa shape index (κ1) is 7.54. The summed E-state index contributed by atoms with van der Waals surface area (Å²) in [7, 11) is 0. The average Bonchev–Trinajstić information content (AvgIpc) is 1.80. The van der Waals surface area contributed by atoms with Crippen LogP contribution in [0.4, 0.5) is 0 Å². The van der Waals surface area contributed by atoms with E-state index in [9.17, 15) is 4.79 Å². The van der Waals surface area contributed by atoms with Crippen LogP contribution >= 0.6 is 0 Å². The summed E-state index contributed by atoms with van der Waals surface area (Å²) in [5.74, 6) is -0.875. The maximum atomic E-state index is 10.3. The Bertz CT molecular complexity index is 150. The van der Waals surface area contributed by atoms with Crippen molar-refractivity contribution in [2.75, 3.05) is 0 Å². The van der Waals surface area contributed by atoms with E-state index >= 15 is 0 Å². The Hall–Kier alpha value is -0.570. The van der Waals surface area contributed by atoms with Gasteiger partial charge in [-0.25, -0.2) is 0 Å². The zero-order valence-electron chi connectivity index (χ0n) is 6.13. The van der Waals surface area contributed by atoms with Crippen molar-refractivity contribution in [1.82, 2.24) is 0 Å². The summed E-state index contributed by atoms with van der Waals surface area (Å²) in [6.07, 6.45) is 2.19. The number of carboxylic acids is 1. The zero-order chi connectivity index (χ0) is 7.78. The maximum absolute atomic E-state index is 10.3. The number of nitrogens with two attached hydrogens (primary N) is 1.